The Morgan fingerprint density at radius 1 is 1.25 bits per heavy atom. The van der Waals surface area contributed by atoms with Gasteiger partial charge in [-0.2, -0.15) is 0 Å². The SMILES string of the molecule is CCOc1cc(N2CCOCC2=O)ccc1N1CC(CNC(=O)c2ccc(C)s2)OC1=O. The van der Waals surface area contributed by atoms with Crippen LogP contribution in [0.2, 0.25) is 0 Å². The minimum absolute atomic E-state index is 0.0443. The van der Waals surface area contributed by atoms with Crippen molar-refractivity contribution in [1.29, 1.82) is 0 Å². The Morgan fingerprint density at radius 3 is 2.81 bits per heavy atom. The Hall–Kier alpha value is -3.11. The van der Waals surface area contributed by atoms with Crippen LogP contribution in [0.1, 0.15) is 21.5 Å². The standard InChI is InChI=1S/C22H25N3O6S/c1-3-30-18-10-15(24-8-9-29-13-20(24)26)5-6-17(18)25-12-16(31-22(25)28)11-23-21(27)19-7-4-14(2)32-19/h4-7,10,16H,3,8-9,11-13H2,1-2H3,(H,23,27). The van der Waals surface area contributed by atoms with Gasteiger partial charge in [-0.1, -0.05) is 0 Å². The Kier molecular flexibility index (Phi) is 6.61. The van der Waals surface area contributed by atoms with Gasteiger partial charge in [-0.3, -0.25) is 14.5 Å². The quantitative estimate of drug-likeness (QED) is 0.684. The van der Waals surface area contributed by atoms with Crippen molar-refractivity contribution in [3.05, 3.63) is 40.1 Å². The summed E-state index contributed by atoms with van der Waals surface area (Å²) in [5.41, 5.74) is 1.25. The van der Waals surface area contributed by atoms with Gasteiger partial charge in [0.1, 0.15) is 18.5 Å². The van der Waals surface area contributed by atoms with Gasteiger partial charge in [-0.25, -0.2) is 4.79 Å². The van der Waals surface area contributed by atoms with E-state index >= 15 is 0 Å². The lowest BCUT2D eigenvalue weighted by atomic mass is 10.2. The van der Waals surface area contributed by atoms with Crippen molar-refractivity contribution in [3.8, 4) is 5.75 Å². The Labute approximate surface area is 189 Å². The number of aryl methyl sites for hydroxylation is 1. The van der Waals surface area contributed by atoms with E-state index in [0.29, 0.717) is 41.8 Å². The lowest BCUT2D eigenvalue weighted by Gasteiger charge is -2.28. The highest BCUT2D eigenvalue weighted by atomic mass is 32.1. The number of hydrogen-bond acceptors (Lipinski definition) is 7. The molecule has 0 saturated carbocycles. The van der Waals surface area contributed by atoms with E-state index in [0.717, 1.165) is 4.88 Å². The highest BCUT2D eigenvalue weighted by Gasteiger charge is 2.34. The van der Waals surface area contributed by atoms with E-state index in [-0.39, 0.29) is 31.5 Å². The first-order valence-corrected chi connectivity index (χ1v) is 11.3. The van der Waals surface area contributed by atoms with Crippen molar-refractivity contribution in [1.82, 2.24) is 5.32 Å². The number of thiophene rings is 1. The molecule has 0 aliphatic carbocycles. The smallest absolute Gasteiger partial charge is 0.414 e. The average Bonchev–Trinajstić information content (AvgIpc) is 3.38. The van der Waals surface area contributed by atoms with Gasteiger partial charge >= 0.3 is 6.09 Å². The van der Waals surface area contributed by atoms with E-state index < -0.39 is 12.2 Å². The van der Waals surface area contributed by atoms with Crippen LogP contribution in [-0.2, 0) is 14.3 Å². The summed E-state index contributed by atoms with van der Waals surface area (Å²) in [7, 11) is 0. The molecule has 2 aromatic rings. The number of benzene rings is 1. The van der Waals surface area contributed by atoms with E-state index in [1.807, 2.05) is 19.9 Å². The molecule has 1 aromatic carbocycles. The number of ether oxygens (including phenoxy) is 3. The molecule has 170 valence electrons. The van der Waals surface area contributed by atoms with Gasteiger partial charge in [0.25, 0.3) is 11.8 Å². The van der Waals surface area contributed by atoms with E-state index in [4.69, 9.17) is 14.2 Å². The number of amides is 3. The maximum absolute atomic E-state index is 12.6. The van der Waals surface area contributed by atoms with Crippen molar-refractivity contribution < 1.29 is 28.6 Å². The molecular formula is C22H25N3O6S. The molecule has 0 bridgehead atoms. The van der Waals surface area contributed by atoms with Crippen LogP contribution < -0.4 is 19.9 Å². The Morgan fingerprint density at radius 2 is 2.09 bits per heavy atom. The number of nitrogens with one attached hydrogen (secondary N) is 1. The summed E-state index contributed by atoms with van der Waals surface area (Å²) in [6.07, 6.45) is -0.991. The van der Waals surface area contributed by atoms with Crippen molar-refractivity contribution in [3.63, 3.8) is 0 Å². The van der Waals surface area contributed by atoms with Crippen LogP contribution in [-0.4, -0.2) is 63.5 Å². The third kappa shape index (κ3) is 4.71. The predicted octanol–water partition coefficient (Wildman–Crippen LogP) is 2.57. The molecule has 10 heteroatoms. The molecule has 2 saturated heterocycles. The lowest BCUT2D eigenvalue weighted by molar-refractivity contribution is -0.125. The summed E-state index contributed by atoms with van der Waals surface area (Å²) in [6, 6.07) is 8.95. The van der Waals surface area contributed by atoms with Crippen LogP contribution in [0, 0.1) is 6.92 Å². The molecule has 1 atom stereocenters. The maximum atomic E-state index is 12.6. The summed E-state index contributed by atoms with van der Waals surface area (Å²) in [4.78, 5) is 41.8. The second-order valence-corrected chi connectivity index (χ2v) is 8.71. The molecule has 1 N–H and O–H groups in total. The third-order valence-corrected chi connectivity index (χ3v) is 6.16. The van der Waals surface area contributed by atoms with Crippen LogP contribution in [0.5, 0.6) is 5.75 Å². The van der Waals surface area contributed by atoms with Crippen LogP contribution >= 0.6 is 11.3 Å². The summed E-state index contributed by atoms with van der Waals surface area (Å²) < 4.78 is 16.4. The van der Waals surface area contributed by atoms with Crippen molar-refractivity contribution in [2.24, 2.45) is 0 Å². The van der Waals surface area contributed by atoms with E-state index in [1.54, 1.807) is 29.2 Å². The van der Waals surface area contributed by atoms with E-state index in [1.165, 1.54) is 16.2 Å². The number of rotatable bonds is 7. The highest BCUT2D eigenvalue weighted by molar-refractivity contribution is 7.13. The van der Waals surface area contributed by atoms with Gasteiger partial charge < -0.3 is 24.4 Å². The summed E-state index contributed by atoms with van der Waals surface area (Å²) in [5.74, 6) is 0.177. The average molecular weight is 460 g/mol. The third-order valence-electron chi connectivity index (χ3n) is 5.16. The normalized spacial score (nSPS) is 18.6. The minimum atomic E-state index is -0.507. The van der Waals surface area contributed by atoms with Gasteiger partial charge in [0.2, 0.25) is 0 Å². The van der Waals surface area contributed by atoms with E-state index in [2.05, 4.69) is 5.32 Å². The molecule has 9 nitrogen and oxygen atoms in total. The fourth-order valence-corrected chi connectivity index (χ4v) is 4.41. The Bertz CT molecular complexity index is 1020. The molecular weight excluding hydrogens is 434 g/mol. The van der Waals surface area contributed by atoms with E-state index in [9.17, 15) is 14.4 Å². The van der Waals surface area contributed by atoms with Gasteiger partial charge in [0.05, 0.1) is 36.9 Å². The van der Waals surface area contributed by atoms with Crippen molar-refractivity contribution in [2.75, 3.05) is 49.3 Å². The molecule has 1 aromatic heterocycles. The molecule has 2 fully saturated rings. The highest BCUT2D eigenvalue weighted by Crippen LogP contribution is 2.35. The first-order valence-electron chi connectivity index (χ1n) is 10.4. The summed E-state index contributed by atoms with van der Waals surface area (Å²) in [6.45, 7) is 5.65. The van der Waals surface area contributed by atoms with Crippen molar-refractivity contribution in [2.45, 2.75) is 20.0 Å². The number of morpholine rings is 1. The first kappa shape index (κ1) is 22.1. The molecule has 3 heterocycles. The predicted molar refractivity (Wildman–Crippen MR) is 120 cm³/mol. The lowest BCUT2D eigenvalue weighted by Crippen LogP contribution is -2.41. The van der Waals surface area contributed by atoms with Gasteiger partial charge in [0, 0.05) is 23.2 Å². The molecule has 2 aliphatic heterocycles. The minimum Gasteiger partial charge on any atom is -0.492 e. The largest absolute Gasteiger partial charge is 0.492 e. The van der Waals surface area contributed by atoms with Crippen LogP contribution in [0.4, 0.5) is 16.2 Å². The molecule has 32 heavy (non-hydrogen) atoms. The molecule has 0 spiro atoms. The number of nitrogens with zero attached hydrogens (tertiary/aromatic N) is 2. The molecule has 3 amide bonds. The fraction of sp³-hybridized carbons (Fsp3) is 0.409. The zero-order chi connectivity index (χ0) is 22.7. The first-order chi connectivity index (χ1) is 15.5. The number of anilines is 2. The second-order valence-electron chi connectivity index (χ2n) is 7.42. The number of cyclic esters (lactones) is 1. The summed E-state index contributed by atoms with van der Waals surface area (Å²) in [5, 5.41) is 2.82. The number of carbonyl (C=O) groups excluding carboxylic acids is 3. The maximum Gasteiger partial charge on any atom is 0.414 e. The number of carbonyl (C=O) groups is 3. The second kappa shape index (κ2) is 9.58. The fourth-order valence-electron chi connectivity index (χ4n) is 3.63. The molecule has 0 radical (unpaired) electrons. The van der Waals surface area contributed by atoms with Crippen molar-refractivity contribution >= 4 is 40.6 Å². The van der Waals surface area contributed by atoms with Gasteiger partial charge in [-0.05, 0) is 38.1 Å². The topological polar surface area (TPSA) is 97.4 Å². The van der Waals surface area contributed by atoms with Gasteiger partial charge in [0.15, 0.2) is 0 Å². The Balaban J connectivity index is 1.45. The van der Waals surface area contributed by atoms with Crippen LogP contribution in [0.3, 0.4) is 0 Å². The molecule has 1 unspecified atom stereocenters. The molecule has 4 rings (SSSR count). The van der Waals surface area contributed by atoms with Crippen LogP contribution in [0.25, 0.3) is 0 Å². The van der Waals surface area contributed by atoms with Gasteiger partial charge in [-0.15, -0.1) is 11.3 Å². The monoisotopic (exact) mass is 459 g/mol. The zero-order valence-electron chi connectivity index (χ0n) is 18.0. The van der Waals surface area contributed by atoms with Crippen LogP contribution in [0.15, 0.2) is 30.3 Å². The zero-order valence-corrected chi connectivity index (χ0v) is 18.8. The molecule has 2 aliphatic rings. The summed E-state index contributed by atoms with van der Waals surface area (Å²) >= 11 is 1.41. The number of hydrogen-bond donors (Lipinski definition) is 1.